The summed E-state index contributed by atoms with van der Waals surface area (Å²) in [5, 5.41) is 2.93. The standard InChI is InChI=1S/C5H13N2/c1-4(6)5(2)7-3/h4-5,7H,2,6H2,1,3H3. The third-order valence-corrected chi connectivity index (χ3v) is 1.01. The predicted molar refractivity (Wildman–Crippen MR) is 31.9 cm³/mol. The molecule has 0 spiro atoms. The van der Waals surface area contributed by atoms with E-state index in [1.807, 2.05) is 14.0 Å². The zero-order chi connectivity index (χ0) is 5.86. The van der Waals surface area contributed by atoms with Crippen LogP contribution in [0.2, 0.25) is 0 Å². The molecule has 0 bridgehead atoms. The van der Waals surface area contributed by atoms with Crippen molar-refractivity contribution in [1.29, 1.82) is 0 Å². The van der Waals surface area contributed by atoms with Crippen LogP contribution in [-0.2, 0) is 0 Å². The van der Waals surface area contributed by atoms with Crippen LogP contribution in [0.15, 0.2) is 0 Å². The molecule has 43 valence electrons. The molecule has 0 amide bonds. The smallest absolute Gasteiger partial charge is 0.0213 e. The number of nitrogens with one attached hydrogen (secondary N) is 1. The molecule has 0 aliphatic carbocycles. The Hall–Kier alpha value is -0.0800. The number of likely N-dealkylation sites (N-methyl/N-ethyl adjacent to an activating group) is 1. The summed E-state index contributed by atoms with van der Waals surface area (Å²) in [5.74, 6) is 0. The Kier molecular flexibility index (Phi) is 2.96. The molecular formula is C5H13N2. The first-order valence-corrected chi connectivity index (χ1v) is 2.44. The Morgan fingerprint density at radius 2 is 2.14 bits per heavy atom. The predicted octanol–water partition coefficient (Wildman–Crippen LogP) is -0.244. The Morgan fingerprint density at radius 3 is 2.14 bits per heavy atom. The molecule has 0 aromatic rings. The molecule has 0 rings (SSSR count). The molecule has 2 unspecified atom stereocenters. The van der Waals surface area contributed by atoms with Crippen molar-refractivity contribution < 1.29 is 0 Å². The van der Waals surface area contributed by atoms with E-state index in [2.05, 4.69) is 12.2 Å². The van der Waals surface area contributed by atoms with E-state index in [-0.39, 0.29) is 12.1 Å². The van der Waals surface area contributed by atoms with Crippen molar-refractivity contribution in [3.8, 4) is 0 Å². The minimum absolute atomic E-state index is 0.144. The lowest BCUT2D eigenvalue weighted by atomic mass is 10.2. The van der Waals surface area contributed by atoms with E-state index in [1.165, 1.54) is 0 Å². The summed E-state index contributed by atoms with van der Waals surface area (Å²) in [6.45, 7) is 5.64. The molecule has 1 radical (unpaired) electrons. The molecule has 7 heavy (non-hydrogen) atoms. The van der Waals surface area contributed by atoms with Crippen molar-refractivity contribution >= 4 is 0 Å². The Morgan fingerprint density at radius 1 is 1.71 bits per heavy atom. The van der Waals surface area contributed by atoms with E-state index in [1.54, 1.807) is 0 Å². The fourth-order valence-electron chi connectivity index (χ4n) is 0.263. The van der Waals surface area contributed by atoms with Gasteiger partial charge in [-0.2, -0.15) is 0 Å². The maximum atomic E-state index is 5.42. The molecule has 3 N–H and O–H groups in total. The number of hydrogen-bond donors (Lipinski definition) is 2. The van der Waals surface area contributed by atoms with Crippen molar-refractivity contribution in [3.63, 3.8) is 0 Å². The van der Waals surface area contributed by atoms with Crippen LogP contribution in [0.25, 0.3) is 0 Å². The lowest BCUT2D eigenvalue weighted by molar-refractivity contribution is 0.561. The van der Waals surface area contributed by atoms with Crippen LogP contribution >= 0.6 is 0 Å². The quantitative estimate of drug-likeness (QED) is 0.503. The van der Waals surface area contributed by atoms with E-state index in [0.29, 0.717) is 0 Å². The number of rotatable bonds is 2. The molecule has 0 saturated carbocycles. The van der Waals surface area contributed by atoms with Gasteiger partial charge in [0.1, 0.15) is 0 Å². The van der Waals surface area contributed by atoms with Gasteiger partial charge in [-0.1, -0.05) is 0 Å². The second-order valence-corrected chi connectivity index (χ2v) is 1.75. The van der Waals surface area contributed by atoms with Crippen molar-refractivity contribution in [2.45, 2.75) is 19.0 Å². The molecule has 0 aromatic carbocycles. The summed E-state index contributed by atoms with van der Waals surface area (Å²) < 4.78 is 0. The largest absolute Gasteiger partial charge is 0.327 e. The summed E-state index contributed by atoms with van der Waals surface area (Å²) in [7, 11) is 1.85. The summed E-state index contributed by atoms with van der Waals surface area (Å²) in [6.07, 6.45) is 0. The van der Waals surface area contributed by atoms with Crippen molar-refractivity contribution in [2.75, 3.05) is 7.05 Å². The molecule has 0 saturated heterocycles. The van der Waals surface area contributed by atoms with Crippen LogP contribution < -0.4 is 11.1 Å². The van der Waals surface area contributed by atoms with Gasteiger partial charge in [-0.25, -0.2) is 0 Å². The highest BCUT2D eigenvalue weighted by atomic mass is 14.9. The van der Waals surface area contributed by atoms with Gasteiger partial charge in [0.25, 0.3) is 0 Å². The van der Waals surface area contributed by atoms with Gasteiger partial charge < -0.3 is 11.1 Å². The molecule has 0 aromatic heterocycles. The monoisotopic (exact) mass is 101 g/mol. The number of hydrogen-bond acceptors (Lipinski definition) is 2. The number of nitrogens with two attached hydrogens (primary N) is 1. The van der Waals surface area contributed by atoms with E-state index < -0.39 is 0 Å². The maximum Gasteiger partial charge on any atom is 0.0213 e. The van der Waals surface area contributed by atoms with E-state index in [0.717, 1.165) is 0 Å². The first-order chi connectivity index (χ1) is 3.18. The van der Waals surface area contributed by atoms with Gasteiger partial charge in [0.2, 0.25) is 0 Å². The van der Waals surface area contributed by atoms with Crippen LogP contribution in [0, 0.1) is 6.92 Å². The van der Waals surface area contributed by atoms with Gasteiger partial charge in [0, 0.05) is 12.1 Å². The lowest BCUT2D eigenvalue weighted by Gasteiger charge is -2.12. The highest BCUT2D eigenvalue weighted by Gasteiger charge is 2.00. The van der Waals surface area contributed by atoms with Gasteiger partial charge in [-0.05, 0) is 20.9 Å². The molecule has 2 atom stereocenters. The minimum atomic E-state index is 0.144. The van der Waals surface area contributed by atoms with Crippen molar-refractivity contribution in [1.82, 2.24) is 5.32 Å². The second kappa shape index (κ2) is 2.99. The van der Waals surface area contributed by atoms with Gasteiger partial charge >= 0.3 is 0 Å². The molecule has 2 nitrogen and oxygen atoms in total. The summed E-state index contributed by atoms with van der Waals surface area (Å²) in [4.78, 5) is 0. The lowest BCUT2D eigenvalue weighted by Crippen LogP contribution is -2.38. The van der Waals surface area contributed by atoms with Crippen LogP contribution in [0.1, 0.15) is 6.92 Å². The average Bonchev–Trinajstić information content (AvgIpc) is 1.65. The maximum absolute atomic E-state index is 5.42. The SMILES string of the molecule is [CH2]C(NC)C(C)N. The summed E-state index contributed by atoms with van der Waals surface area (Å²) >= 11 is 0. The van der Waals surface area contributed by atoms with Gasteiger partial charge in [-0.15, -0.1) is 0 Å². The highest BCUT2D eigenvalue weighted by Crippen LogP contribution is 1.81. The van der Waals surface area contributed by atoms with Gasteiger partial charge in [0.05, 0.1) is 0 Å². The van der Waals surface area contributed by atoms with Crippen LogP contribution in [0.4, 0.5) is 0 Å². The Bertz CT molecular complexity index is 43.3. The van der Waals surface area contributed by atoms with Crippen LogP contribution in [-0.4, -0.2) is 19.1 Å². The fourth-order valence-corrected chi connectivity index (χ4v) is 0.263. The third-order valence-electron chi connectivity index (χ3n) is 1.01. The van der Waals surface area contributed by atoms with Crippen molar-refractivity contribution in [3.05, 3.63) is 6.92 Å². The topological polar surface area (TPSA) is 38.0 Å². The van der Waals surface area contributed by atoms with Crippen LogP contribution in [0.5, 0.6) is 0 Å². The molecular weight excluding hydrogens is 88.1 g/mol. The summed E-state index contributed by atoms with van der Waals surface area (Å²) in [6, 6.07) is 0.324. The normalized spacial score (nSPS) is 18.9. The Labute approximate surface area is 45.1 Å². The molecule has 0 fully saturated rings. The highest BCUT2D eigenvalue weighted by molar-refractivity contribution is 4.75. The fraction of sp³-hybridized carbons (Fsp3) is 0.800. The molecule has 2 heteroatoms. The zero-order valence-electron chi connectivity index (χ0n) is 4.94. The molecule has 0 heterocycles. The van der Waals surface area contributed by atoms with Gasteiger partial charge in [0.15, 0.2) is 0 Å². The summed E-state index contributed by atoms with van der Waals surface area (Å²) in [5.41, 5.74) is 5.42. The first kappa shape index (κ1) is 6.92. The second-order valence-electron chi connectivity index (χ2n) is 1.75. The zero-order valence-corrected chi connectivity index (χ0v) is 4.94. The minimum Gasteiger partial charge on any atom is -0.327 e. The first-order valence-electron chi connectivity index (χ1n) is 2.44. The average molecular weight is 101 g/mol. The van der Waals surface area contributed by atoms with Gasteiger partial charge in [-0.3, -0.25) is 0 Å². The molecule has 0 aliphatic rings. The van der Waals surface area contributed by atoms with E-state index in [9.17, 15) is 0 Å². The van der Waals surface area contributed by atoms with E-state index in [4.69, 9.17) is 5.73 Å². The molecule has 0 aliphatic heterocycles. The van der Waals surface area contributed by atoms with Crippen LogP contribution in [0.3, 0.4) is 0 Å². The third kappa shape index (κ3) is 2.60. The Balaban J connectivity index is 3.14. The van der Waals surface area contributed by atoms with Crippen molar-refractivity contribution in [2.24, 2.45) is 5.73 Å². The van der Waals surface area contributed by atoms with E-state index >= 15 is 0 Å².